The van der Waals surface area contributed by atoms with Gasteiger partial charge in [-0.15, -0.1) is 0 Å². The Labute approximate surface area is 173 Å². The van der Waals surface area contributed by atoms with Crippen molar-refractivity contribution in [3.05, 3.63) is 76.3 Å². The molecule has 0 fully saturated rings. The van der Waals surface area contributed by atoms with Gasteiger partial charge in [0.05, 0.1) is 10.7 Å². The Hall–Kier alpha value is -3.18. The van der Waals surface area contributed by atoms with Gasteiger partial charge in [0.1, 0.15) is 0 Å². The molecular weight excluding hydrogens is 388 g/mol. The third kappa shape index (κ3) is 3.61. The van der Waals surface area contributed by atoms with Gasteiger partial charge in [-0.25, -0.2) is 0 Å². The van der Waals surface area contributed by atoms with Crippen LogP contribution in [0, 0.1) is 6.92 Å². The summed E-state index contributed by atoms with van der Waals surface area (Å²) in [5.41, 5.74) is 2.60. The van der Waals surface area contributed by atoms with Crippen LogP contribution in [-0.4, -0.2) is 29.2 Å². The number of carbonyl (C=O) groups excluding carboxylic acids is 3. The third-order valence-electron chi connectivity index (χ3n) is 5.04. The molecule has 0 aromatic heterocycles. The molecule has 1 N–H and O–H groups in total. The Bertz CT molecular complexity index is 1110. The Morgan fingerprint density at radius 2 is 1.66 bits per heavy atom. The molecule has 0 unspecified atom stereocenters. The Morgan fingerprint density at radius 1 is 1.00 bits per heavy atom. The van der Waals surface area contributed by atoms with Gasteiger partial charge in [-0.3, -0.25) is 19.3 Å². The minimum absolute atomic E-state index is 0.174. The van der Waals surface area contributed by atoms with Gasteiger partial charge in [-0.1, -0.05) is 41.9 Å². The van der Waals surface area contributed by atoms with E-state index in [1.54, 1.807) is 24.3 Å². The van der Waals surface area contributed by atoms with Gasteiger partial charge in [0.15, 0.2) is 0 Å². The van der Waals surface area contributed by atoms with Crippen LogP contribution in [0.4, 0.5) is 5.69 Å². The first-order valence-corrected chi connectivity index (χ1v) is 9.77. The van der Waals surface area contributed by atoms with Crippen molar-refractivity contribution in [1.29, 1.82) is 0 Å². The zero-order valence-corrected chi connectivity index (χ0v) is 16.6. The number of aryl methyl sites for hydroxylation is 1. The highest BCUT2D eigenvalue weighted by Crippen LogP contribution is 2.30. The topological polar surface area (TPSA) is 66.5 Å². The molecule has 3 amide bonds. The summed E-state index contributed by atoms with van der Waals surface area (Å²) in [7, 11) is 0. The predicted octanol–water partition coefficient (Wildman–Crippen LogP) is 4.82. The number of hydrogen-bond donors (Lipinski definition) is 1. The van der Waals surface area contributed by atoms with E-state index < -0.39 is 0 Å². The van der Waals surface area contributed by atoms with E-state index in [9.17, 15) is 14.4 Å². The summed E-state index contributed by atoms with van der Waals surface area (Å²) in [6, 6.07) is 16.3. The average molecular weight is 407 g/mol. The lowest BCUT2D eigenvalue weighted by Crippen LogP contribution is -2.41. The van der Waals surface area contributed by atoms with Crippen molar-refractivity contribution in [3.8, 4) is 0 Å². The molecule has 0 saturated carbocycles. The number of nitrogens with zero attached hydrogens (tertiary/aromatic N) is 1. The fraction of sp³-hybridized carbons (Fsp3) is 0.174. The quantitative estimate of drug-likeness (QED) is 0.618. The Kier molecular flexibility index (Phi) is 5.07. The molecular formula is C23H19ClN2O3. The Morgan fingerprint density at radius 3 is 2.28 bits per heavy atom. The molecule has 3 aromatic carbocycles. The molecule has 6 heteroatoms. The van der Waals surface area contributed by atoms with E-state index in [-0.39, 0.29) is 30.7 Å². The van der Waals surface area contributed by atoms with Crippen molar-refractivity contribution < 1.29 is 14.4 Å². The van der Waals surface area contributed by atoms with Crippen LogP contribution in [0.3, 0.4) is 0 Å². The largest absolute Gasteiger partial charge is 0.325 e. The number of anilines is 1. The van der Waals surface area contributed by atoms with Gasteiger partial charge in [-0.2, -0.15) is 0 Å². The molecule has 5 nitrogen and oxygen atoms in total. The van der Waals surface area contributed by atoms with E-state index in [0.717, 1.165) is 10.9 Å². The van der Waals surface area contributed by atoms with Crippen molar-refractivity contribution in [1.82, 2.24) is 4.90 Å². The van der Waals surface area contributed by atoms with Crippen LogP contribution in [0.2, 0.25) is 5.02 Å². The van der Waals surface area contributed by atoms with Crippen molar-refractivity contribution in [3.63, 3.8) is 0 Å². The van der Waals surface area contributed by atoms with E-state index >= 15 is 0 Å². The minimum atomic E-state index is -0.318. The van der Waals surface area contributed by atoms with Crippen LogP contribution in [0.25, 0.3) is 10.8 Å². The van der Waals surface area contributed by atoms with Crippen LogP contribution in [0.1, 0.15) is 39.1 Å². The first-order chi connectivity index (χ1) is 14.0. The molecule has 0 spiro atoms. The SMILES string of the molecule is Cc1ccc(NC(=O)CCCN2C(=O)c3cccc4cccc(c34)C2=O)c(Cl)c1. The lowest BCUT2D eigenvalue weighted by Gasteiger charge is -2.27. The summed E-state index contributed by atoms with van der Waals surface area (Å²) in [4.78, 5) is 39.2. The van der Waals surface area contributed by atoms with E-state index in [0.29, 0.717) is 33.6 Å². The maximum atomic E-state index is 12.8. The number of amides is 3. The van der Waals surface area contributed by atoms with E-state index in [1.807, 2.05) is 37.3 Å². The number of carbonyl (C=O) groups is 3. The average Bonchev–Trinajstić information content (AvgIpc) is 2.70. The predicted molar refractivity (Wildman–Crippen MR) is 113 cm³/mol. The molecule has 29 heavy (non-hydrogen) atoms. The molecule has 3 aromatic rings. The molecule has 1 heterocycles. The number of rotatable bonds is 5. The smallest absolute Gasteiger partial charge is 0.261 e. The molecule has 0 aliphatic carbocycles. The molecule has 0 radical (unpaired) electrons. The minimum Gasteiger partial charge on any atom is -0.325 e. The molecule has 1 aliphatic heterocycles. The number of imide groups is 1. The number of halogens is 1. The van der Waals surface area contributed by atoms with Crippen LogP contribution in [0.5, 0.6) is 0 Å². The van der Waals surface area contributed by atoms with E-state index in [1.165, 1.54) is 4.90 Å². The summed E-state index contributed by atoms with van der Waals surface area (Å²) in [6.45, 7) is 2.10. The van der Waals surface area contributed by atoms with Gasteiger partial charge in [0, 0.05) is 29.5 Å². The first-order valence-electron chi connectivity index (χ1n) is 9.39. The molecule has 1 aliphatic rings. The van der Waals surface area contributed by atoms with Gasteiger partial charge in [0.25, 0.3) is 11.8 Å². The first kappa shape index (κ1) is 19.2. The van der Waals surface area contributed by atoms with Crippen molar-refractivity contribution in [2.45, 2.75) is 19.8 Å². The molecule has 146 valence electrons. The molecule has 4 rings (SSSR count). The second-order valence-corrected chi connectivity index (χ2v) is 7.51. The fourth-order valence-corrected chi connectivity index (χ4v) is 3.90. The zero-order valence-electron chi connectivity index (χ0n) is 15.9. The fourth-order valence-electron chi connectivity index (χ4n) is 3.62. The number of benzene rings is 3. The Balaban J connectivity index is 1.43. The third-order valence-corrected chi connectivity index (χ3v) is 5.35. The number of nitrogens with one attached hydrogen (secondary N) is 1. The summed E-state index contributed by atoms with van der Waals surface area (Å²) >= 11 is 6.14. The van der Waals surface area contributed by atoms with Crippen LogP contribution < -0.4 is 5.32 Å². The highest BCUT2D eigenvalue weighted by atomic mass is 35.5. The summed E-state index contributed by atoms with van der Waals surface area (Å²) < 4.78 is 0. The van der Waals surface area contributed by atoms with Crippen LogP contribution >= 0.6 is 11.6 Å². The highest BCUT2D eigenvalue weighted by Gasteiger charge is 2.32. The summed E-state index contributed by atoms with van der Waals surface area (Å²) in [5.74, 6) is -0.849. The van der Waals surface area contributed by atoms with Crippen molar-refractivity contribution in [2.75, 3.05) is 11.9 Å². The standard InChI is InChI=1S/C23H19ClN2O3/c1-14-10-11-19(18(24)13-14)25-20(27)9-4-12-26-22(28)16-7-2-5-15-6-3-8-17(21(15)16)23(26)29/h2-3,5-8,10-11,13H,4,9,12H2,1H3,(H,25,27). The lowest BCUT2D eigenvalue weighted by atomic mass is 9.94. The van der Waals surface area contributed by atoms with Crippen molar-refractivity contribution in [2.24, 2.45) is 0 Å². The second kappa shape index (κ2) is 7.68. The van der Waals surface area contributed by atoms with Crippen LogP contribution in [0.15, 0.2) is 54.6 Å². The van der Waals surface area contributed by atoms with Crippen LogP contribution in [-0.2, 0) is 4.79 Å². The number of hydrogen-bond acceptors (Lipinski definition) is 3. The van der Waals surface area contributed by atoms with Gasteiger partial charge >= 0.3 is 0 Å². The van der Waals surface area contributed by atoms with Gasteiger partial charge in [-0.05, 0) is 48.6 Å². The molecule has 0 atom stereocenters. The zero-order chi connectivity index (χ0) is 20.5. The maximum Gasteiger partial charge on any atom is 0.261 e. The highest BCUT2D eigenvalue weighted by molar-refractivity contribution is 6.33. The van der Waals surface area contributed by atoms with Gasteiger partial charge in [0.2, 0.25) is 5.91 Å². The monoisotopic (exact) mass is 406 g/mol. The summed E-state index contributed by atoms with van der Waals surface area (Å²) in [5, 5.41) is 4.82. The van der Waals surface area contributed by atoms with Gasteiger partial charge < -0.3 is 5.32 Å². The van der Waals surface area contributed by atoms with E-state index in [2.05, 4.69) is 5.32 Å². The van der Waals surface area contributed by atoms with Crippen molar-refractivity contribution >= 4 is 45.8 Å². The summed E-state index contributed by atoms with van der Waals surface area (Å²) in [6.07, 6.45) is 0.540. The maximum absolute atomic E-state index is 12.8. The lowest BCUT2D eigenvalue weighted by molar-refractivity contribution is -0.116. The normalized spacial score (nSPS) is 13.1. The molecule has 0 bridgehead atoms. The molecule has 0 saturated heterocycles. The second-order valence-electron chi connectivity index (χ2n) is 7.11. The van der Waals surface area contributed by atoms with E-state index in [4.69, 9.17) is 11.6 Å².